The minimum Gasteiger partial charge on any atom is -0.406 e. The third-order valence-corrected chi connectivity index (χ3v) is 3.82. The number of amides is 1. The number of ether oxygens (including phenoxy) is 1. The maximum Gasteiger partial charge on any atom is 0.573 e. The first-order chi connectivity index (χ1) is 13.1. The zero-order valence-electron chi connectivity index (χ0n) is 14.0. The van der Waals surface area contributed by atoms with Gasteiger partial charge < -0.3 is 10.5 Å². The van der Waals surface area contributed by atoms with Gasteiger partial charge in [-0.1, -0.05) is 12.1 Å². The van der Waals surface area contributed by atoms with Crippen molar-refractivity contribution in [3.63, 3.8) is 0 Å². The van der Waals surface area contributed by atoms with E-state index in [9.17, 15) is 27.2 Å². The molecule has 0 atom stereocenters. The SMILES string of the molecule is NC(=O)c1cc(=O)n(-c2ccc(OC(F)(F)F)cc2)cc1-c1ccc(F)cc1. The number of nitrogens with two attached hydrogens (primary N) is 1. The highest BCUT2D eigenvalue weighted by Gasteiger charge is 2.31. The number of carbonyl (C=O) groups is 1. The van der Waals surface area contributed by atoms with Crippen LogP contribution >= 0.6 is 0 Å². The molecule has 144 valence electrons. The van der Waals surface area contributed by atoms with Gasteiger partial charge in [-0.2, -0.15) is 0 Å². The zero-order chi connectivity index (χ0) is 20.5. The number of nitrogens with zero attached hydrogens (tertiary/aromatic N) is 1. The number of rotatable bonds is 4. The minimum absolute atomic E-state index is 0.0649. The maximum absolute atomic E-state index is 13.2. The Kier molecular flexibility index (Phi) is 4.91. The number of primary amides is 1. The highest BCUT2D eigenvalue weighted by molar-refractivity contribution is 5.99. The minimum atomic E-state index is -4.84. The quantitative estimate of drug-likeness (QED) is 0.689. The molecule has 1 heterocycles. The first-order valence-electron chi connectivity index (χ1n) is 7.83. The molecule has 0 aliphatic heterocycles. The summed E-state index contributed by atoms with van der Waals surface area (Å²) < 4.78 is 54.9. The fourth-order valence-corrected chi connectivity index (χ4v) is 2.61. The van der Waals surface area contributed by atoms with Crippen LogP contribution in [0.1, 0.15) is 10.4 Å². The third-order valence-electron chi connectivity index (χ3n) is 3.82. The molecule has 0 bridgehead atoms. The van der Waals surface area contributed by atoms with Gasteiger partial charge >= 0.3 is 6.36 Å². The highest BCUT2D eigenvalue weighted by atomic mass is 19.4. The Bertz CT molecular complexity index is 1070. The van der Waals surface area contributed by atoms with Crippen LogP contribution in [0.25, 0.3) is 16.8 Å². The molecule has 0 radical (unpaired) electrons. The highest BCUT2D eigenvalue weighted by Crippen LogP contribution is 2.26. The lowest BCUT2D eigenvalue weighted by molar-refractivity contribution is -0.274. The molecule has 0 unspecified atom stereocenters. The van der Waals surface area contributed by atoms with Gasteiger partial charge in [0.2, 0.25) is 5.91 Å². The number of hydrogen-bond donors (Lipinski definition) is 1. The first-order valence-corrected chi connectivity index (χ1v) is 7.83. The number of hydrogen-bond acceptors (Lipinski definition) is 3. The second kappa shape index (κ2) is 7.18. The van der Waals surface area contributed by atoms with E-state index in [1.54, 1.807) is 0 Å². The predicted octanol–water partition coefficient (Wildman–Crippen LogP) is 3.64. The molecule has 9 heteroatoms. The molecule has 3 rings (SSSR count). The van der Waals surface area contributed by atoms with Crippen LogP contribution in [0.2, 0.25) is 0 Å². The van der Waals surface area contributed by atoms with Crippen molar-refractivity contribution >= 4 is 5.91 Å². The second-order valence-corrected chi connectivity index (χ2v) is 5.72. The van der Waals surface area contributed by atoms with Crippen LogP contribution in [0.15, 0.2) is 65.6 Å². The summed E-state index contributed by atoms with van der Waals surface area (Å²) in [6.45, 7) is 0. The number of pyridine rings is 1. The molecule has 0 aliphatic rings. The van der Waals surface area contributed by atoms with Crippen molar-refractivity contribution in [3.8, 4) is 22.6 Å². The fourth-order valence-electron chi connectivity index (χ4n) is 2.61. The molecular weight excluding hydrogens is 380 g/mol. The molecule has 2 aromatic carbocycles. The fraction of sp³-hybridized carbons (Fsp3) is 0.0526. The lowest BCUT2D eigenvalue weighted by Gasteiger charge is -2.13. The third kappa shape index (κ3) is 4.20. The summed E-state index contributed by atoms with van der Waals surface area (Å²) in [7, 11) is 0. The Balaban J connectivity index is 2.09. The Labute approximate surface area is 155 Å². The molecule has 0 spiro atoms. The Morgan fingerprint density at radius 2 is 1.61 bits per heavy atom. The lowest BCUT2D eigenvalue weighted by Crippen LogP contribution is -2.23. The summed E-state index contributed by atoms with van der Waals surface area (Å²) in [5.74, 6) is -1.78. The van der Waals surface area contributed by atoms with Gasteiger partial charge in [-0.15, -0.1) is 13.2 Å². The molecule has 2 N–H and O–H groups in total. The lowest BCUT2D eigenvalue weighted by atomic mass is 10.0. The summed E-state index contributed by atoms with van der Waals surface area (Å²) >= 11 is 0. The van der Waals surface area contributed by atoms with E-state index in [1.807, 2.05) is 0 Å². The first kappa shape index (κ1) is 19.2. The van der Waals surface area contributed by atoms with Gasteiger partial charge in [0.25, 0.3) is 5.56 Å². The number of aromatic nitrogens is 1. The van der Waals surface area contributed by atoms with Gasteiger partial charge in [0.05, 0.1) is 5.56 Å². The normalized spacial score (nSPS) is 11.3. The van der Waals surface area contributed by atoms with Gasteiger partial charge in [0, 0.05) is 23.5 Å². The van der Waals surface area contributed by atoms with Crippen LogP contribution < -0.4 is 16.0 Å². The van der Waals surface area contributed by atoms with Crippen molar-refractivity contribution in [1.29, 1.82) is 0 Å². The van der Waals surface area contributed by atoms with Crippen molar-refractivity contribution in [2.75, 3.05) is 0 Å². The standard InChI is InChI=1S/C19H12F4N2O3/c20-12-3-1-11(2-4-12)16-10-25(17(26)9-15(16)18(24)27)13-5-7-14(8-6-13)28-19(21,22)23/h1-10H,(H2,24,27). The molecule has 28 heavy (non-hydrogen) atoms. The number of carbonyl (C=O) groups excluding carboxylic acids is 1. The van der Waals surface area contributed by atoms with Gasteiger partial charge in [0.15, 0.2) is 0 Å². The maximum atomic E-state index is 13.2. The number of halogens is 4. The van der Waals surface area contributed by atoms with E-state index in [2.05, 4.69) is 4.74 Å². The van der Waals surface area contributed by atoms with Crippen LogP contribution in [0, 0.1) is 5.82 Å². The van der Waals surface area contributed by atoms with Gasteiger partial charge in [0.1, 0.15) is 11.6 Å². The molecule has 1 amide bonds. The van der Waals surface area contributed by atoms with Crippen LogP contribution in [0.4, 0.5) is 17.6 Å². The van der Waals surface area contributed by atoms with E-state index >= 15 is 0 Å². The number of benzene rings is 2. The van der Waals surface area contributed by atoms with E-state index in [1.165, 1.54) is 42.6 Å². The summed E-state index contributed by atoms with van der Waals surface area (Å²) in [5.41, 5.74) is 5.58. The van der Waals surface area contributed by atoms with Gasteiger partial charge in [-0.05, 0) is 42.0 Å². The Morgan fingerprint density at radius 3 is 2.14 bits per heavy atom. The van der Waals surface area contributed by atoms with Crippen LogP contribution in [-0.2, 0) is 0 Å². The largest absolute Gasteiger partial charge is 0.573 e. The molecule has 5 nitrogen and oxygen atoms in total. The van der Waals surface area contributed by atoms with E-state index < -0.39 is 29.4 Å². The van der Waals surface area contributed by atoms with Crippen LogP contribution in [-0.4, -0.2) is 16.8 Å². The van der Waals surface area contributed by atoms with Gasteiger partial charge in [-0.25, -0.2) is 4.39 Å². The molecule has 3 aromatic rings. The summed E-state index contributed by atoms with van der Waals surface area (Å²) in [5, 5.41) is 0. The molecular formula is C19H12F4N2O3. The van der Waals surface area contributed by atoms with Crippen molar-refractivity contribution in [3.05, 3.63) is 82.5 Å². The van der Waals surface area contributed by atoms with Crippen LogP contribution in [0.5, 0.6) is 5.75 Å². The second-order valence-electron chi connectivity index (χ2n) is 5.72. The summed E-state index contributed by atoms with van der Waals surface area (Å²) in [6.07, 6.45) is -3.52. The molecule has 0 saturated heterocycles. The number of alkyl halides is 3. The van der Waals surface area contributed by atoms with Crippen molar-refractivity contribution < 1.29 is 27.1 Å². The van der Waals surface area contributed by atoms with Crippen molar-refractivity contribution in [1.82, 2.24) is 4.57 Å². The average molecular weight is 392 g/mol. The van der Waals surface area contributed by atoms with E-state index in [0.29, 0.717) is 5.56 Å². The average Bonchev–Trinajstić information content (AvgIpc) is 2.62. The summed E-state index contributed by atoms with van der Waals surface area (Å²) in [6, 6.07) is 10.8. The summed E-state index contributed by atoms with van der Waals surface area (Å²) in [4.78, 5) is 24.1. The molecule has 0 saturated carbocycles. The van der Waals surface area contributed by atoms with E-state index in [0.717, 1.165) is 22.8 Å². The topological polar surface area (TPSA) is 74.3 Å². The smallest absolute Gasteiger partial charge is 0.406 e. The Morgan fingerprint density at radius 1 is 1.00 bits per heavy atom. The zero-order valence-corrected chi connectivity index (χ0v) is 14.0. The molecule has 0 aliphatic carbocycles. The Hall–Kier alpha value is -3.62. The van der Waals surface area contributed by atoms with E-state index in [4.69, 9.17) is 5.73 Å². The van der Waals surface area contributed by atoms with Crippen molar-refractivity contribution in [2.45, 2.75) is 6.36 Å². The molecule has 1 aromatic heterocycles. The van der Waals surface area contributed by atoms with Crippen LogP contribution in [0.3, 0.4) is 0 Å². The van der Waals surface area contributed by atoms with Gasteiger partial charge in [-0.3, -0.25) is 14.2 Å². The van der Waals surface area contributed by atoms with Crippen molar-refractivity contribution in [2.24, 2.45) is 5.73 Å². The predicted molar refractivity (Wildman–Crippen MR) is 92.6 cm³/mol. The van der Waals surface area contributed by atoms with E-state index in [-0.39, 0.29) is 16.8 Å². The molecule has 0 fully saturated rings. The monoisotopic (exact) mass is 392 g/mol.